The van der Waals surface area contributed by atoms with Gasteiger partial charge in [0.25, 0.3) is 0 Å². The van der Waals surface area contributed by atoms with Gasteiger partial charge in [-0.15, -0.1) is 11.3 Å². The fourth-order valence-electron chi connectivity index (χ4n) is 0.950. The van der Waals surface area contributed by atoms with Gasteiger partial charge in [-0.1, -0.05) is 0 Å². The summed E-state index contributed by atoms with van der Waals surface area (Å²) >= 11 is 1.60. The quantitative estimate of drug-likeness (QED) is 0.836. The summed E-state index contributed by atoms with van der Waals surface area (Å²) < 4.78 is 0. The van der Waals surface area contributed by atoms with Gasteiger partial charge < -0.3 is 5.11 Å². The Labute approximate surface area is 89.4 Å². The molecule has 0 saturated heterocycles. The molecule has 0 radical (unpaired) electrons. The van der Waals surface area contributed by atoms with E-state index in [1.165, 1.54) is 0 Å². The van der Waals surface area contributed by atoms with E-state index >= 15 is 0 Å². The molecule has 0 fully saturated rings. The predicted octanol–water partition coefficient (Wildman–Crippen LogP) is 1.99. The summed E-state index contributed by atoms with van der Waals surface area (Å²) in [5.74, 6) is 0. The molecular formula is C10H18N2OS. The van der Waals surface area contributed by atoms with Crippen molar-refractivity contribution in [3.05, 3.63) is 16.1 Å². The number of thiazole rings is 1. The van der Waals surface area contributed by atoms with Crippen molar-refractivity contribution < 1.29 is 5.11 Å². The van der Waals surface area contributed by atoms with Crippen LogP contribution in [0.3, 0.4) is 0 Å². The number of aliphatic hydroxyl groups excluding tert-OH is 1. The van der Waals surface area contributed by atoms with Crippen LogP contribution < -0.4 is 0 Å². The standard InChI is InChI=1S/C10H18N2OS/c1-7(13)8-6-14-9(11-8)10(2,3)12(4)5/h6-7,13H,1-5H3. The highest BCUT2D eigenvalue weighted by atomic mass is 32.1. The summed E-state index contributed by atoms with van der Waals surface area (Å²) in [6.45, 7) is 5.98. The number of aliphatic hydroxyl groups is 1. The van der Waals surface area contributed by atoms with E-state index in [-0.39, 0.29) is 5.54 Å². The highest BCUT2D eigenvalue weighted by molar-refractivity contribution is 7.09. The number of hydrogen-bond donors (Lipinski definition) is 1. The Morgan fingerprint density at radius 2 is 2.07 bits per heavy atom. The van der Waals surface area contributed by atoms with Crippen LogP contribution in [0.2, 0.25) is 0 Å². The molecule has 1 N–H and O–H groups in total. The van der Waals surface area contributed by atoms with Gasteiger partial charge in [-0.05, 0) is 34.9 Å². The zero-order valence-electron chi connectivity index (χ0n) is 9.40. The van der Waals surface area contributed by atoms with E-state index in [1.54, 1.807) is 18.3 Å². The van der Waals surface area contributed by atoms with Gasteiger partial charge in [-0.2, -0.15) is 0 Å². The third-order valence-electron chi connectivity index (χ3n) is 2.59. The molecule has 0 aromatic carbocycles. The average Bonchev–Trinajstić information content (AvgIpc) is 2.51. The molecule has 1 rings (SSSR count). The first-order valence-electron chi connectivity index (χ1n) is 4.67. The first-order chi connectivity index (χ1) is 6.35. The van der Waals surface area contributed by atoms with Crippen molar-refractivity contribution in [2.75, 3.05) is 14.1 Å². The summed E-state index contributed by atoms with van der Waals surface area (Å²) in [4.78, 5) is 6.55. The summed E-state index contributed by atoms with van der Waals surface area (Å²) in [5.41, 5.74) is 0.692. The molecule has 1 aromatic rings. The fraction of sp³-hybridized carbons (Fsp3) is 0.700. The van der Waals surface area contributed by atoms with E-state index in [9.17, 15) is 5.11 Å². The van der Waals surface area contributed by atoms with Crippen LogP contribution in [-0.2, 0) is 5.54 Å². The van der Waals surface area contributed by atoms with Crippen LogP contribution in [-0.4, -0.2) is 29.1 Å². The van der Waals surface area contributed by atoms with Crippen LogP contribution in [0.15, 0.2) is 5.38 Å². The summed E-state index contributed by atoms with van der Waals surface area (Å²) in [5, 5.41) is 12.3. The minimum absolute atomic E-state index is 0.0716. The van der Waals surface area contributed by atoms with E-state index in [0.29, 0.717) is 0 Å². The maximum Gasteiger partial charge on any atom is 0.113 e. The molecule has 0 bridgehead atoms. The van der Waals surface area contributed by atoms with Gasteiger partial charge in [-0.25, -0.2) is 4.98 Å². The average molecular weight is 214 g/mol. The summed E-state index contributed by atoms with van der Waals surface area (Å²) in [6.07, 6.45) is -0.474. The molecule has 1 atom stereocenters. The Kier molecular flexibility index (Phi) is 3.29. The van der Waals surface area contributed by atoms with Crippen molar-refractivity contribution in [2.45, 2.75) is 32.4 Å². The van der Waals surface area contributed by atoms with Crippen LogP contribution in [0.25, 0.3) is 0 Å². The Morgan fingerprint density at radius 3 is 2.43 bits per heavy atom. The molecule has 0 amide bonds. The molecule has 0 aliphatic rings. The Bertz CT molecular complexity index is 305. The van der Waals surface area contributed by atoms with Gasteiger partial charge in [0.05, 0.1) is 17.3 Å². The molecule has 0 aliphatic heterocycles. The number of aromatic nitrogens is 1. The second kappa shape index (κ2) is 3.96. The highest BCUT2D eigenvalue weighted by Gasteiger charge is 2.26. The molecular weight excluding hydrogens is 196 g/mol. The van der Waals surface area contributed by atoms with Crippen molar-refractivity contribution in [1.29, 1.82) is 0 Å². The molecule has 1 aromatic heterocycles. The minimum Gasteiger partial charge on any atom is -0.387 e. The predicted molar refractivity (Wildman–Crippen MR) is 59.5 cm³/mol. The Hall–Kier alpha value is -0.450. The van der Waals surface area contributed by atoms with Crippen molar-refractivity contribution in [3.8, 4) is 0 Å². The van der Waals surface area contributed by atoms with Crippen LogP contribution in [0, 0.1) is 0 Å². The molecule has 1 heterocycles. The molecule has 0 aliphatic carbocycles. The van der Waals surface area contributed by atoms with E-state index < -0.39 is 6.10 Å². The van der Waals surface area contributed by atoms with Crippen molar-refractivity contribution in [2.24, 2.45) is 0 Å². The zero-order valence-corrected chi connectivity index (χ0v) is 10.2. The SMILES string of the molecule is CC(O)c1csc(C(C)(C)N(C)C)n1. The van der Waals surface area contributed by atoms with Crippen molar-refractivity contribution >= 4 is 11.3 Å². The van der Waals surface area contributed by atoms with Gasteiger partial charge in [-0.3, -0.25) is 4.90 Å². The number of rotatable bonds is 3. The fourth-order valence-corrected chi connectivity index (χ4v) is 2.06. The summed E-state index contributed by atoms with van der Waals surface area (Å²) in [7, 11) is 4.06. The van der Waals surface area contributed by atoms with Crippen LogP contribution in [0.1, 0.15) is 37.6 Å². The lowest BCUT2D eigenvalue weighted by Crippen LogP contribution is -2.35. The Morgan fingerprint density at radius 1 is 1.50 bits per heavy atom. The molecule has 0 saturated carbocycles. The Balaban J connectivity index is 2.97. The molecule has 4 heteroatoms. The smallest absolute Gasteiger partial charge is 0.113 e. The molecule has 1 unspecified atom stereocenters. The second-order valence-electron chi connectivity index (χ2n) is 4.21. The lowest BCUT2D eigenvalue weighted by molar-refractivity contribution is 0.185. The number of nitrogens with zero attached hydrogens (tertiary/aromatic N) is 2. The first-order valence-corrected chi connectivity index (χ1v) is 5.55. The third kappa shape index (κ3) is 2.13. The monoisotopic (exact) mass is 214 g/mol. The van der Waals surface area contributed by atoms with Crippen LogP contribution in [0.4, 0.5) is 0 Å². The van der Waals surface area contributed by atoms with E-state index in [4.69, 9.17) is 0 Å². The normalized spacial score (nSPS) is 14.8. The summed E-state index contributed by atoms with van der Waals surface area (Å²) in [6, 6.07) is 0. The molecule has 80 valence electrons. The van der Waals surface area contributed by atoms with Gasteiger partial charge in [0.2, 0.25) is 0 Å². The van der Waals surface area contributed by atoms with Crippen molar-refractivity contribution in [1.82, 2.24) is 9.88 Å². The van der Waals surface area contributed by atoms with E-state index in [1.807, 2.05) is 19.5 Å². The van der Waals surface area contributed by atoms with Gasteiger partial charge in [0.15, 0.2) is 0 Å². The largest absolute Gasteiger partial charge is 0.387 e. The highest BCUT2D eigenvalue weighted by Crippen LogP contribution is 2.29. The second-order valence-corrected chi connectivity index (χ2v) is 5.07. The number of hydrogen-bond acceptors (Lipinski definition) is 4. The van der Waals surface area contributed by atoms with Gasteiger partial charge in [0, 0.05) is 5.38 Å². The maximum absolute atomic E-state index is 9.37. The molecule has 14 heavy (non-hydrogen) atoms. The van der Waals surface area contributed by atoms with E-state index in [0.717, 1.165) is 10.7 Å². The third-order valence-corrected chi connectivity index (χ3v) is 3.76. The molecule has 0 spiro atoms. The lowest BCUT2D eigenvalue weighted by atomic mass is 10.1. The lowest BCUT2D eigenvalue weighted by Gasteiger charge is -2.30. The zero-order chi connectivity index (χ0) is 10.9. The van der Waals surface area contributed by atoms with Gasteiger partial charge >= 0.3 is 0 Å². The van der Waals surface area contributed by atoms with Crippen molar-refractivity contribution in [3.63, 3.8) is 0 Å². The maximum atomic E-state index is 9.37. The minimum atomic E-state index is -0.474. The van der Waals surface area contributed by atoms with Gasteiger partial charge in [0.1, 0.15) is 5.01 Å². The van der Waals surface area contributed by atoms with E-state index in [2.05, 4.69) is 23.7 Å². The molecule has 3 nitrogen and oxygen atoms in total. The topological polar surface area (TPSA) is 36.4 Å². The van der Waals surface area contributed by atoms with Crippen LogP contribution >= 0.6 is 11.3 Å². The van der Waals surface area contributed by atoms with Crippen LogP contribution in [0.5, 0.6) is 0 Å². The first kappa shape index (κ1) is 11.6.